The molecule has 4 aliphatic heterocycles. The number of ether oxygens (including phenoxy) is 6. The van der Waals surface area contributed by atoms with E-state index < -0.39 is 166 Å². The highest BCUT2D eigenvalue weighted by atomic mass is 16.8. The number of piperidine rings is 1. The average molecular weight is 818 g/mol. The molecule has 0 spiro atoms. The number of rotatable bonds is 14. The Hall–Kier alpha value is -2.31. The summed E-state index contributed by atoms with van der Waals surface area (Å²) >= 11 is 0. The van der Waals surface area contributed by atoms with Gasteiger partial charge in [0.15, 0.2) is 12.6 Å². The molecule has 24 nitrogen and oxygen atoms in total. The van der Waals surface area contributed by atoms with Gasteiger partial charge in [-0.3, -0.25) is 14.5 Å². The zero-order chi connectivity index (χ0) is 42.0. The topological polar surface area (TPSA) is 377 Å². The fourth-order valence-electron chi connectivity index (χ4n) is 7.43. The van der Waals surface area contributed by atoms with Crippen LogP contribution in [0.25, 0.3) is 0 Å². The quantitative estimate of drug-likeness (QED) is 0.0774. The Labute approximate surface area is 320 Å². The van der Waals surface area contributed by atoms with Crippen molar-refractivity contribution in [2.24, 2.45) is 0 Å². The summed E-state index contributed by atoms with van der Waals surface area (Å²) in [6, 6.07) is -3.65. The largest absolute Gasteiger partial charge is 0.477 e. The van der Waals surface area contributed by atoms with Crippen LogP contribution in [0.15, 0.2) is 0 Å². The number of aliphatic hydroxyl groups is 11. The Kier molecular flexibility index (Phi) is 15.9. The molecule has 0 saturated carbocycles. The van der Waals surface area contributed by atoms with E-state index in [1.807, 2.05) is 0 Å². The van der Waals surface area contributed by atoms with Crippen LogP contribution in [0.2, 0.25) is 0 Å². The number of carbonyl (C=O) groups excluding carboxylic acids is 2. The lowest BCUT2D eigenvalue weighted by Crippen LogP contribution is -2.72. The predicted molar refractivity (Wildman–Crippen MR) is 178 cm³/mol. The summed E-state index contributed by atoms with van der Waals surface area (Å²) in [5.74, 6) is -6.39. The molecule has 20 atom stereocenters. The molecule has 0 aromatic carbocycles. The zero-order valence-electron chi connectivity index (χ0n) is 31.0. The fraction of sp³-hybridized carbons (Fsp3) is 0.906. The van der Waals surface area contributed by atoms with Crippen LogP contribution in [0.4, 0.5) is 0 Å². The summed E-state index contributed by atoms with van der Waals surface area (Å²) in [5, 5.41) is 132. The van der Waals surface area contributed by atoms with E-state index in [2.05, 4.69) is 10.6 Å². The Morgan fingerprint density at radius 3 is 1.98 bits per heavy atom. The first-order chi connectivity index (χ1) is 26.2. The van der Waals surface area contributed by atoms with Gasteiger partial charge in [0, 0.05) is 26.8 Å². The molecular formula is C32H55N3O21. The molecule has 4 fully saturated rings. The molecule has 0 unspecified atom stereocenters. The second-order valence-corrected chi connectivity index (χ2v) is 14.5. The van der Waals surface area contributed by atoms with Crippen molar-refractivity contribution in [2.75, 3.05) is 33.4 Å². The number of carbonyl (C=O) groups is 3. The van der Waals surface area contributed by atoms with Crippen LogP contribution in [0.5, 0.6) is 0 Å². The third kappa shape index (κ3) is 9.75. The maximum absolute atomic E-state index is 12.9. The van der Waals surface area contributed by atoms with Crippen molar-refractivity contribution in [1.82, 2.24) is 15.5 Å². The van der Waals surface area contributed by atoms with E-state index in [4.69, 9.17) is 28.4 Å². The Morgan fingerprint density at radius 2 is 1.43 bits per heavy atom. The van der Waals surface area contributed by atoms with Crippen molar-refractivity contribution in [3.63, 3.8) is 0 Å². The molecule has 4 heterocycles. The molecule has 324 valence electrons. The van der Waals surface area contributed by atoms with Crippen LogP contribution in [0.3, 0.4) is 0 Å². The number of hydrogen-bond acceptors (Lipinski definition) is 21. The Balaban J connectivity index is 1.71. The number of carboxylic acid groups (broad SMARTS) is 1. The lowest BCUT2D eigenvalue weighted by Gasteiger charge is -2.52. The number of aliphatic carboxylic acids is 1. The normalized spacial score (nSPS) is 44.7. The van der Waals surface area contributed by atoms with Gasteiger partial charge in [0.1, 0.15) is 73.2 Å². The lowest BCUT2D eigenvalue weighted by atomic mass is 9.88. The van der Waals surface area contributed by atoms with E-state index in [0.29, 0.717) is 0 Å². The van der Waals surface area contributed by atoms with Crippen molar-refractivity contribution in [2.45, 2.75) is 149 Å². The van der Waals surface area contributed by atoms with Gasteiger partial charge in [0.05, 0.1) is 50.2 Å². The minimum absolute atomic E-state index is 0.0390. The number of hydrogen-bond donors (Lipinski definition) is 14. The van der Waals surface area contributed by atoms with Gasteiger partial charge in [-0.15, -0.1) is 0 Å². The third-order valence-corrected chi connectivity index (χ3v) is 10.5. The third-order valence-electron chi connectivity index (χ3n) is 10.5. The average Bonchev–Trinajstić information content (AvgIpc) is 3.13. The van der Waals surface area contributed by atoms with Gasteiger partial charge in [-0.2, -0.15) is 0 Å². The lowest BCUT2D eigenvalue weighted by molar-refractivity contribution is -0.380. The van der Waals surface area contributed by atoms with Crippen LogP contribution >= 0.6 is 0 Å². The van der Waals surface area contributed by atoms with Gasteiger partial charge in [0.25, 0.3) is 5.79 Å². The summed E-state index contributed by atoms with van der Waals surface area (Å²) in [4.78, 5) is 38.8. The minimum atomic E-state index is -3.07. The molecular weight excluding hydrogens is 762 g/mol. The summed E-state index contributed by atoms with van der Waals surface area (Å²) < 4.78 is 35.0. The highest BCUT2D eigenvalue weighted by Gasteiger charge is 2.60. The number of likely N-dealkylation sites (tertiary alicyclic amines) is 1. The molecule has 2 amide bonds. The standard InChI is InChI=1S/C32H55N3O21/c1-10-19(43)22(46)23(47)29(51-10)54-26-14(7-36)35(4)6-13(33-11(2)39)25(26)53-30-24(48)28(21(45)17(9-38)52-30)56-32(31(49)50)5-15(41)18(34-12(3)40)27(55-32)20(44)16(42)8-37/h10,13-30,36-38,41-48H,5-9H2,1-4H3,(H,33,39)(H,34,40)(H,49,50)/t10-,13-,14+,15-,16+,17+,18+,19+,20+,21-,22+,23-,24+,25+,26+,27+,28-,29-,30-,32-/m0/s1. The van der Waals surface area contributed by atoms with Gasteiger partial charge >= 0.3 is 5.97 Å². The van der Waals surface area contributed by atoms with E-state index in [1.54, 1.807) is 11.9 Å². The van der Waals surface area contributed by atoms with Crippen molar-refractivity contribution in [3.05, 3.63) is 0 Å². The highest BCUT2D eigenvalue weighted by Crippen LogP contribution is 2.39. The van der Waals surface area contributed by atoms with Gasteiger partial charge in [-0.25, -0.2) is 4.79 Å². The molecule has 24 heteroatoms. The monoisotopic (exact) mass is 817 g/mol. The van der Waals surface area contributed by atoms with Crippen LogP contribution in [-0.4, -0.2) is 239 Å². The molecule has 4 aliphatic rings. The first-order valence-corrected chi connectivity index (χ1v) is 17.9. The minimum Gasteiger partial charge on any atom is -0.477 e. The summed E-state index contributed by atoms with van der Waals surface area (Å²) in [7, 11) is 1.56. The number of amides is 2. The Morgan fingerprint density at radius 1 is 0.821 bits per heavy atom. The van der Waals surface area contributed by atoms with Gasteiger partial charge in [0.2, 0.25) is 11.8 Å². The second kappa shape index (κ2) is 19.2. The molecule has 0 aromatic heterocycles. The first-order valence-electron chi connectivity index (χ1n) is 17.9. The molecule has 0 bridgehead atoms. The maximum Gasteiger partial charge on any atom is 0.364 e. The predicted octanol–water partition coefficient (Wildman–Crippen LogP) is -8.63. The molecule has 4 rings (SSSR count). The van der Waals surface area contributed by atoms with E-state index in [0.717, 1.165) is 6.92 Å². The number of aliphatic hydroxyl groups excluding tert-OH is 11. The van der Waals surface area contributed by atoms with Crippen molar-refractivity contribution in [3.8, 4) is 0 Å². The van der Waals surface area contributed by atoms with Crippen LogP contribution in [0.1, 0.15) is 27.2 Å². The maximum atomic E-state index is 12.9. The molecule has 56 heavy (non-hydrogen) atoms. The second-order valence-electron chi connectivity index (χ2n) is 14.5. The molecule has 4 saturated heterocycles. The summed E-state index contributed by atoms with van der Waals surface area (Å²) in [6.07, 6.45) is -29.8. The summed E-state index contributed by atoms with van der Waals surface area (Å²) in [5.41, 5.74) is 0. The van der Waals surface area contributed by atoms with E-state index >= 15 is 0 Å². The van der Waals surface area contributed by atoms with Crippen molar-refractivity contribution < 1.29 is 104 Å². The van der Waals surface area contributed by atoms with E-state index in [-0.39, 0.29) is 6.54 Å². The molecule has 0 aliphatic carbocycles. The van der Waals surface area contributed by atoms with Gasteiger partial charge < -0.3 is 100 Å². The summed E-state index contributed by atoms with van der Waals surface area (Å²) in [6.45, 7) is 0.880. The Bertz CT molecular complexity index is 1340. The molecule has 0 radical (unpaired) electrons. The van der Waals surface area contributed by atoms with Gasteiger partial charge in [-0.05, 0) is 14.0 Å². The van der Waals surface area contributed by atoms with Crippen LogP contribution in [-0.2, 0) is 42.8 Å². The fourth-order valence-corrected chi connectivity index (χ4v) is 7.43. The zero-order valence-corrected chi connectivity index (χ0v) is 31.0. The van der Waals surface area contributed by atoms with Crippen molar-refractivity contribution in [1.29, 1.82) is 0 Å². The van der Waals surface area contributed by atoms with Crippen LogP contribution in [0, 0.1) is 0 Å². The highest BCUT2D eigenvalue weighted by molar-refractivity contribution is 5.76. The van der Waals surface area contributed by atoms with Crippen molar-refractivity contribution >= 4 is 17.8 Å². The van der Waals surface area contributed by atoms with E-state index in [1.165, 1.54) is 13.8 Å². The first kappa shape index (κ1) is 46.4. The molecule has 0 aromatic rings. The smallest absolute Gasteiger partial charge is 0.364 e. The molecule has 14 N–H and O–H groups in total. The number of likely N-dealkylation sites (N-methyl/N-ethyl adjacent to an activating group) is 1. The SMILES string of the molecule is CC(=O)N[C@H]1[C@H]([C@H](O)[C@H](O)CO)O[C@@](O[C@H]2[C@@H](O)[C@@H](CO)O[C@@H](O[C@H]3[C@H](O[C@@H]4O[C@@H](C)[C@@H](O)[C@@H](O)[C@@H]4O)[C@@H](CO)N(C)C[C@@H]3NC(C)=O)[C@@H]2O)(C(=O)O)C[C@@H]1O. The number of nitrogens with one attached hydrogen (secondary N) is 2. The van der Waals surface area contributed by atoms with E-state index in [9.17, 15) is 75.7 Å². The van der Waals surface area contributed by atoms with Gasteiger partial charge in [-0.1, -0.05) is 0 Å². The van der Waals surface area contributed by atoms with Crippen LogP contribution < -0.4 is 10.6 Å². The number of carboxylic acids is 1. The number of nitrogens with zero attached hydrogens (tertiary/aromatic N) is 1.